The van der Waals surface area contributed by atoms with Crippen LogP contribution in [-0.2, 0) is 21.1 Å². The van der Waals surface area contributed by atoms with Crippen LogP contribution in [-0.4, -0.2) is 61.5 Å². The number of aryl methyl sites for hydroxylation is 1. The van der Waals surface area contributed by atoms with Gasteiger partial charge >= 0.3 is 0 Å². The number of sulfone groups is 1. The van der Waals surface area contributed by atoms with Gasteiger partial charge in [-0.25, -0.2) is 17.8 Å². The van der Waals surface area contributed by atoms with Crippen molar-refractivity contribution in [2.24, 2.45) is 5.41 Å². The van der Waals surface area contributed by atoms with Crippen LogP contribution < -0.4 is 5.32 Å². The summed E-state index contributed by atoms with van der Waals surface area (Å²) in [6.45, 7) is 6.01. The van der Waals surface area contributed by atoms with Gasteiger partial charge in [-0.3, -0.25) is 24.8 Å². The third kappa shape index (κ3) is 6.88. The van der Waals surface area contributed by atoms with E-state index >= 15 is 0 Å². The largest absolute Gasteiger partial charge is 0.335 e. The number of nitrogens with one attached hydrogen (secondary N) is 3. The van der Waals surface area contributed by atoms with E-state index in [1.54, 1.807) is 37.1 Å². The molecule has 6 rings (SSSR count). The molecule has 45 heavy (non-hydrogen) atoms. The maximum absolute atomic E-state index is 14.6. The number of carbonyl (C=O) groups excluding carboxylic acids is 1. The van der Waals surface area contributed by atoms with E-state index in [2.05, 4.69) is 35.5 Å². The first-order chi connectivity index (χ1) is 21.3. The minimum atomic E-state index is -3.21. The Morgan fingerprint density at radius 1 is 0.956 bits per heavy atom. The molecular weight excluding hydrogens is 595 g/mol. The lowest BCUT2D eigenvalue weighted by molar-refractivity contribution is -0.117. The summed E-state index contributed by atoms with van der Waals surface area (Å²) in [4.78, 5) is 33.8. The molecule has 3 N–H and O–H groups in total. The van der Waals surface area contributed by atoms with Gasteiger partial charge in [-0.15, -0.1) is 0 Å². The number of rotatable bonds is 8. The zero-order chi connectivity index (χ0) is 31.9. The lowest BCUT2D eigenvalue weighted by Gasteiger charge is -2.17. The molecule has 0 aliphatic rings. The normalized spacial score (nSPS) is 12.2. The Hall–Kier alpha value is -5.04. The Kier molecular flexibility index (Phi) is 7.65. The van der Waals surface area contributed by atoms with E-state index in [4.69, 9.17) is 4.98 Å². The summed E-state index contributed by atoms with van der Waals surface area (Å²) in [7, 11) is -3.21. The molecule has 11 nitrogen and oxygen atoms in total. The molecule has 0 saturated carbocycles. The quantitative estimate of drug-likeness (QED) is 0.193. The Bertz CT molecular complexity index is 2180. The number of H-pyrrole nitrogens is 2. The zero-order valence-electron chi connectivity index (χ0n) is 25.1. The Morgan fingerprint density at radius 2 is 1.76 bits per heavy atom. The molecule has 0 fully saturated rings. The fraction of sp³-hybridized carbons (Fsp3) is 0.250. The third-order valence-corrected chi connectivity index (χ3v) is 8.05. The van der Waals surface area contributed by atoms with Gasteiger partial charge in [0.15, 0.2) is 5.82 Å². The van der Waals surface area contributed by atoms with Crippen LogP contribution in [0.2, 0.25) is 0 Å². The van der Waals surface area contributed by atoms with Crippen LogP contribution in [0.3, 0.4) is 0 Å². The minimum absolute atomic E-state index is 0.0832. The number of carbonyl (C=O) groups is 1. The predicted octanol–water partition coefficient (Wildman–Crippen LogP) is 5.73. The summed E-state index contributed by atoms with van der Waals surface area (Å²) in [6.07, 6.45) is 9.90. The molecule has 0 bridgehead atoms. The maximum atomic E-state index is 14.6. The smallest absolute Gasteiger partial charge is 0.224 e. The number of aromatic nitrogens is 7. The Labute approximate surface area is 258 Å². The Morgan fingerprint density at radius 3 is 2.53 bits per heavy atom. The number of hydrogen-bond acceptors (Lipinski definition) is 8. The molecule has 0 aliphatic carbocycles. The van der Waals surface area contributed by atoms with E-state index in [0.29, 0.717) is 68.1 Å². The fourth-order valence-electron chi connectivity index (χ4n) is 5.10. The van der Waals surface area contributed by atoms with E-state index in [0.717, 1.165) is 11.6 Å². The van der Waals surface area contributed by atoms with Gasteiger partial charge in [0.05, 0.1) is 52.3 Å². The number of nitrogens with zero attached hydrogens (tertiary/aromatic N) is 5. The summed E-state index contributed by atoms with van der Waals surface area (Å²) in [6, 6.07) is 8.17. The SMILES string of the molecule is CC(C)(C)CC(=O)Nc1cncc(-c2cc3c(-c4nc5c(-c6cc(F)cc(CCS(C)(=O)=O)c6)cncc5[nH]4)n[nH]c3cn2)c1. The van der Waals surface area contributed by atoms with E-state index in [1.807, 2.05) is 32.9 Å². The minimum Gasteiger partial charge on any atom is -0.335 e. The molecule has 1 amide bonds. The van der Waals surface area contributed by atoms with Crippen LogP contribution in [0.15, 0.2) is 61.3 Å². The van der Waals surface area contributed by atoms with Gasteiger partial charge < -0.3 is 10.3 Å². The van der Waals surface area contributed by atoms with E-state index in [1.165, 1.54) is 12.1 Å². The predicted molar refractivity (Wildman–Crippen MR) is 172 cm³/mol. The lowest BCUT2D eigenvalue weighted by atomic mass is 9.92. The molecule has 0 spiro atoms. The highest BCUT2D eigenvalue weighted by Crippen LogP contribution is 2.33. The molecule has 0 aliphatic heterocycles. The first kappa shape index (κ1) is 30.0. The average Bonchev–Trinajstić information content (AvgIpc) is 3.58. The first-order valence-corrected chi connectivity index (χ1v) is 16.3. The third-order valence-electron chi connectivity index (χ3n) is 7.10. The highest BCUT2D eigenvalue weighted by molar-refractivity contribution is 7.90. The van der Waals surface area contributed by atoms with Crippen molar-refractivity contribution in [1.82, 2.24) is 35.1 Å². The van der Waals surface area contributed by atoms with Crippen LogP contribution in [0, 0.1) is 11.2 Å². The summed E-state index contributed by atoms with van der Waals surface area (Å²) in [5.74, 6) is -0.184. The number of anilines is 1. The molecule has 230 valence electrons. The van der Waals surface area contributed by atoms with Crippen LogP contribution in [0.25, 0.3) is 55.8 Å². The van der Waals surface area contributed by atoms with Gasteiger partial charge in [0.2, 0.25) is 5.91 Å². The second-order valence-corrected chi connectivity index (χ2v) is 14.6. The summed E-state index contributed by atoms with van der Waals surface area (Å²) in [5.41, 5.74) is 5.89. The number of imidazole rings is 1. The molecule has 13 heteroatoms. The maximum Gasteiger partial charge on any atom is 0.224 e. The molecule has 0 atom stereocenters. The number of benzene rings is 1. The topological polar surface area (TPSA) is 159 Å². The number of halogens is 1. The first-order valence-electron chi connectivity index (χ1n) is 14.2. The van der Waals surface area contributed by atoms with Gasteiger partial charge in [-0.05, 0) is 47.2 Å². The van der Waals surface area contributed by atoms with Crippen molar-refractivity contribution in [1.29, 1.82) is 0 Å². The van der Waals surface area contributed by atoms with Crippen molar-refractivity contribution in [3.63, 3.8) is 0 Å². The van der Waals surface area contributed by atoms with E-state index in [-0.39, 0.29) is 23.5 Å². The van der Waals surface area contributed by atoms with Crippen LogP contribution in [0.5, 0.6) is 0 Å². The van der Waals surface area contributed by atoms with Gasteiger partial charge in [0.1, 0.15) is 21.3 Å². The van der Waals surface area contributed by atoms with Gasteiger partial charge in [0.25, 0.3) is 0 Å². The molecular formula is C32H31FN8O3S. The number of pyridine rings is 3. The molecule has 6 aromatic rings. The Balaban J connectivity index is 1.34. The lowest BCUT2D eigenvalue weighted by Crippen LogP contribution is -2.19. The van der Waals surface area contributed by atoms with Crippen molar-refractivity contribution in [3.8, 4) is 33.9 Å². The van der Waals surface area contributed by atoms with Gasteiger partial charge in [-0.2, -0.15) is 5.10 Å². The van der Waals surface area contributed by atoms with Crippen molar-refractivity contribution < 1.29 is 17.6 Å². The fourth-order valence-corrected chi connectivity index (χ4v) is 5.71. The van der Waals surface area contributed by atoms with Crippen LogP contribution in [0.1, 0.15) is 32.8 Å². The standard InChI is InChI=1S/C32H31FN8O3S/c1-32(2,3)12-28(42)37-22-10-20(13-34-14-22)25-11-23-26(17-36-25)40-41-30(23)31-38-27-16-35-15-24(29(27)39-31)19-7-18(8-21(33)9-19)5-6-45(4,43)44/h7-11,13-17H,5-6,12H2,1-4H3,(H,37,42)(H,38,39)(H,40,41). The van der Waals surface area contributed by atoms with Crippen LogP contribution in [0.4, 0.5) is 10.1 Å². The molecule has 5 aromatic heterocycles. The molecule has 0 radical (unpaired) electrons. The highest BCUT2D eigenvalue weighted by atomic mass is 32.2. The van der Waals surface area contributed by atoms with Gasteiger partial charge in [0, 0.05) is 41.6 Å². The molecule has 1 aromatic carbocycles. The highest BCUT2D eigenvalue weighted by Gasteiger charge is 2.19. The van der Waals surface area contributed by atoms with E-state index < -0.39 is 15.7 Å². The number of amides is 1. The van der Waals surface area contributed by atoms with Crippen molar-refractivity contribution in [3.05, 3.63) is 72.7 Å². The molecule has 5 heterocycles. The summed E-state index contributed by atoms with van der Waals surface area (Å²) >= 11 is 0. The second kappa shape index (κ2) is 11.5. The summed E-state index contributed by atoms with van der Waals surface area (Å²) in [5, 5.41) is 11.2. The monoisotopic (exact) mass is 626 g/mol. The zero-order valence-corrected chi connectivity index (χ0v) is 26.0. The number of aromatic amines is 2. The molecule has 0 saturated heterocycles. The second-order valence-electron chi connectivity index (χ2n) is 12.3. The number of fused-ring (bicyclic) bond motifs is 2. The molecule has 0 unspecified atom stereocenters. The number of hydrogen-bond donors (Lipinski definition) is 3. The van der Waals surface area contributed by atoms with Crippen molar-refractivity contribution >= 4 is 43.4 Å². The summed E-state index contributed by atoms with van der Waals surface area (Å²) < 4.78 is 38.0. The van der Waals surface area contributed by atoms with Gasteiger partial charge in [-0.1, -0.05) is 26.8 Å². The van der Waals surface area contributed by atoms with Crippen LogP contribution >= 0.6 is 0 Å². The van der Waals surface area contributed by atoms with E-state index in [9.17, 15) is 17.6 Å². The average molecular weight is 627 g/mol. The van der Waals surface area contributed by atoms with Crippen molar-refractivity contribution in [2.45, 2.75) is 33.6 Å². The van der Waals surface area contributed by atoms with Crippen molar-refractivity contribution in [2.75, 3.05) is 17.3 Å².